The highest BCUT2D eigenvalue weighted by molar-refractivity contribution is 5.68. The number of hydrogen-bond acceptors (Lipinski definition) is 3. The Morgan fingerprint density at radius 3 is 1.80 bits per heavy atom. The van der Waals surface area contributed by atoms with E-state index in [1.807, 2.05) is 0 Å². The van der Waals surface area contributed by atoms with Crippen LogP contribution in [0.1, 0.15) is 83.5 Å². The number of carbonyl (C=O) groups is 1. The first-order chi connectivity index (χ1) is 9.83. The molecule has 0 aromatic rings. The molecule has 1 aliphatic rings. The lowest BCUT2D eigenvalue weighted by atomic mass is 10.0. The fourth-order valence-corrected chi connectivity index (χ4v) is 2.57. The first-order valence-electron chi connectivity index (χ1n) is 8.51. The Morgan fingerprint density at radius 1 is 0.900 bits per heavy atom. The molecular weight excluding hydrogens is 252 g/mol. The maximum absolute atomic E-state index is 10.9. The molecule has 20 heavy (non-hydrogen) atoms. The summed E-state index contributed by atoms with van der Waals surface area (Å²) in [5.74, 6) is -0.0711. The Balaban J connectivity index is 1.64. The molecule has 0 N–H and O–H groups in total. The number of rotatable bonds is 14. The highest BCUT2D eigenvalue weighted by Crippen LogP contribution is 2.18. The van der Waals surface area contributed by atoms with Gasteiger partial charge in [0.1, 0.15) is 0 Å². The summed E-state index contributed by atoms with van der Waals surface area (Å²) in [6.45, 7) is 1.01. The van der Waals surface area contributed by atoms with Crippen LogP contribution in [0.15, 0.2) is 0 Å². The van der Waals surface area contributed by atoms with Crippen LogP contribution in [0.2, 0.25) is 0 Å². The fraction of sp³-hybridized carbons (Fsp3) is 0.941. The zero-order valence-corrected chi connectivity index (χ0v) is 13.2. The fourth-order valence-electron chi connectivity index (χ4n) is 2.57. The molecule has 3 nitrogen and oxygen atoms in total. The number of ether oxygens (including phenoxy) is 2. The van der Waals surface area contributed by atoms with Crippen molar-refractivity contribution in [1.29, 1.82) is 0 Å². The van der Waals surface area contributed by atoms with E-state index in [4.69, 9.17) is 4.74 Å². The molecule has 1 rings (SSSR count). The maximum atomic E-state index is 10.9. The van der Waals surface area contributed by atoms with Crippen molar-refractivity contribution in [2.75, 3.05) is 13.7 Å². The molecule has 1 atom stereocenters. The predicted octanol–water partition coefficient (Wildman–Crippen LogP) is 4.63. The van der Waals surface area contributed by atoms with Crippen molar-refractivity contribution < 1.29 is 14.3 Å². The molecule has 1 fully saturated rings. The summed E-state index contributed by atoms with van der Waals surface area (Å²) in [6.07, 6.45) is 16.9. The number of hydrogen-bond donors (Lipinski definition) is 0. The minimum Gasteiger partial charge on any atom is -0.469 e. The van der Waals surface area contributed by atoms with Crippen molar-refractivity contribution in [1.82, 2.24) is 0 Å². The summed E-state index contributed by atoms with van der Waals surface area (Å²) >= 11 is 0. The Kier molecular flexibility index (Phi) is 10.7. The van der Waals surface area contributed by atoms with Gasteiger partial charge in [0.2, 0.25) is 0 Å². The zero-order chi connectivity index (χ0) is 14.5. The lowest BCUT2D eigenvalue weighted by molar-refractivity contribution is -0.140. The van der Waals surface area contributed by atoms with Gasteiger partial charge in [-0.2, -0.15) is 0 Å². The van der Waals surface area contributed by atoms with Crippen molar-refractivity contribution in [2.24, 2.45) is 0 Å². The van der Waals surface area contributed by atoms with Gasteiger partial charge < -0.3 is 9.47 Å². The van der Waals surface area contributed by atoms with Gasteiger partial charge in [-0.3, -0.25) is 4.79 Å². The molecule has 1 aliphatic heterocycles. The number of carbonyl (C=O) groups excluding carboxylic acids is 1. The third-order valence-electron chi connectivity index (χ3n) is 4.04. The lowest BCUT2D eigenvalue weighted by Gasteiger charge is -2.02. The quantitative estimate of drug-likeness (QED) is 0.265. The molecule has 0 amide bonds. The average molecular weight is 284 g/mol. The number of esters is 1. The zero-order valence-electron chi connectivity index (χ0n) is 13.2. The molecule has 0 aliphatic carbocycles. The second-order valence-corrected chi connectivity index (χ2v) is 5.96. The van der Waals surface area contributed by atoms with Gasteiger partial charge in [0.25, 0.3) is 0 Å². The summed E-state index contributed by atoms with van der Waals surface area (Å²) in [4.78, 5) is 10.9. The molecule has 0 aromatic carbocycles. The van der Waals surface area contributed by atoms with Gasteiger partial charge >= 0.3 is 5.97 Å². The summed E-state index contributed by atoms with van der Waals surface area (Å²) in [5.41, 5.74) is 0. The van der Waals surface area contributed by atoms with Gasteiger partial charge in [-0.25, -0.2) is 0 Å². The van der Waals surface area contributed by atoms with E-state index in [9.17, 15) is 4.79 Å². The van der Waals surface area contributed by atoms with E-state index in [0.717, 1.165) is 13.0 Å². The molecule has 0 bridgehead atoms. The number of epoxide rings is 1. The van der Waals surface area contributed by atoms with Gasteiger partial charge in [-0.1, -0.05) is 64.2 Å². The normalized spacial score (nSPS) is 17.1. The number of unbranched alkanes of at least 4 members (excludes halogenated alkanes) is 10. The molecule has 1 saturated heterocycles. The van der Waals surface area contributed by atoms with Gasteiger partial charge in [0.05, 0.1) is 19.8 Å². The van der Waals surface area contributed by atoms with E-state index in [1.54, 1.807) is 0 Å². The van der Waals surface area contributed by atoms with Crippen LogP contribution in [0.4, 0.5) is 0 Å². The monoisotopic (exact) mass is 284 g/mol. The van der Waals surface area contributed by atoms with Gasteiger partial charge in [0, 0.05) is 6.42 Å². The van der Waals surface area contributed by atoms with Crippen LogP contribution in [0.25, 0.3) is 0 Å². The van der Waals surface area contributed by atoms with Crippen molar-refractivity contribution >= 4 is 5.97 Å². The van der Waals surface area contributed by atoms with Crippen LogP contribution in [0.3, 0.4) is 0 Å². The van der Waals surface area contributed by atoms with E-state index < -0.39 is 0 Å². The highest BCUT2D eigenvalue weighted by atomic mass is 16.6. The third kappa shape index (κ3) is 11.3. The second kappa shape index (κ2) is 12.2. The summed E-state index contributed by atoms with van der Waals surface area (Å²) in [6, 6.07) is 0. The molecule has 1 heterocycles. The Bertz CT molecular complexity index is 236. The van der Waals surface area contributed by atoms with Crippen molar-refractivity contribution in [2.45, 2.75) is 89.6 Å². The largest absolute Gasteiger partial charge is 0.469 e. The smallest absolute Gasteiger partial charge is 0.305 e. The Morgan fingerprint density at radius 2 is 1.35 bits per heavy atom. The molecule has 1 unspecified atom stereocenters. The molecule has 3 heteroatoms. The summed E-state index contributed by atoms with van der Waals surface area (Å²) in [7, 11) is 1.46. The predicted molar refractivity (Wildman–Crippen MR) is 81.8 cm³/mol. The van der Waals surface area contributed by atoms with Crippen LogP contribution < -0.4 is 0 Å². The van der Waals surface area contributed by atoms with E-state index in [2.05, 4.69) is 4.74 Å². The molecular formula is C17H32O3. The van der Waals surface area contributed by atoms with Crippen LogP contribution in [-0.2, 0) is 14.3 Å². The summed E-state index contributed by atoms with van der Waals surface area (Å²) in [5, 5.41) is 0. The van der Waals surface area contributed by atoms with Crippen molar-refractivity contribution in [3.63, 3.8) is 0 Å². The van der Waals surface area contributed by atoms with Crippen LogP contribution in [0.5, 0.6) is 0 Å². The third-order valence-corrected chi connectivity index (χ3v) is 4.04. The average Bonchev–Trinajstić information content (AvgIpc) is 3.27. The van der Waals surface area contributed by atoms with Crippen molar-refractivity contribution in [3.05, 3.63) is 0 Å². The van der Waals surface area contributed by atoms with Crippen LogP contribution in [-0.4, -0.2) is 25.8 Å². The van der Waals surface area contributed by atoms with Crippen LogP contribution in [0, 0.1) is 0 Å². The molecule has 0 saturated carbocycles. The second-order valence-electron chi connectivity index (χ2n) is 5.96. The minimum atomic E-state index is -0.0711. The SMILES string of the molecule is COC(=O)CCCCCCCCCCCCCC1CO1. The van der Waals surface area contributed by atoms with Crippen LogP contribution >= 0.6 is 0 Å². The van der Waals surface area contributed by atoms with E-state index in [0.29, 0.717) is 12.5 Å². The lowest BCUT2D eigenvalue weighted by Crippen LogP contribution is -1.99. The molecule has 118 valence electrons. The minimum absolute atomic E-state index is 0.0711. The standard InChI is InChI=1S/C17H32O3/c1-19-17(18)14-12-10-8-6-4-2-3-5-7-9-11-13-16-15-20-16/h16H,2-15H2,1H3. The first-order valence-corrected chi connectivity index (χ1v) is 8.51. The van der Waals surface area contributed by atoms with Crippen molar-refractivity contribution in [3.8, 4) is 0 Å². The molecule has 0 aromatic heterocycles. The topological polar surface area (TPSA) is 38.8 Å². The van der Waals surface area contributed by atoms with Gasteiger partial charge in [-0.05, 0) is 12.8 Å². The Labute approximate surface area is 124 Å². The van der Waals surface area contributed by atoms with E-state index >= 15 is 0 Å². The van der Waals surface area contributed by atoms with Gasteiger partial charge in [-0.15, -0.1) is 0 Å². The Hall–Kier alpha value is -0.570. The first kappa shape index (κ1) is 17.5. The van der Waals surface area contributed by atoms with E-state index in [-0.39, 0.29) is 5.97 Å². The molecule has 0 radical (unpaired) electrons. The highest BCUT2D eigenvalue weighted by Gasteiger charge is 2.20. The summed E-state index contributed by atoms with van der Waals surface area (Å²) < 4.78 is 9.82. The van der Waals surface area contributed by atoms with E-state index in [1.165, 1.54) is 77.7 Å². The number of methoxy groups -OCH3 is 1. The molecule has 0 spiro atoms. The van der Waals surface area contributed by atoms with Gasteiger partial charge in [0.15, 0.2) is 0 Å². The maximum Gasteiger partial charge on any atom is 0.305 e.